The van der Waals surface area contributed by atoms with Gasteiger partial charge in [-0.05, 0) is 23.8 Å². The molecule has 1 fully saturated rings. The zero-order chi connectivity index (χ0) is 17.9. The molecule has 0 radical (unpaired) electrons. The number of benzene rings is 1. The molecule has 0 spiro atoms. The number of fused-ring (bicyclic) bond motifs is 1. The fourth-order valence-electron chi connectivity index (χ4n) is 3.27. The minimum absolute atomic E-state index is 0.111. The number of pyridine rings is 1. The predicted molar refractivity (Wildman–Crippen MR) is 96.4 cm³/mol. The van der Waals surface area contributed by atoms with E-state index in [2.05, 4.69) is 10.3 Å². The van der Waals surface area contributed by atoms with E-state index in [-0.39, 0.29) is 11.8 Å². The highest BCUT2D eigenvalue weighted by atomic mass is 19.1. The van der Waals surface area contributed by atoms with Gasteiger partial charge in [-0.3, -0.25) is 4.98 Å². The zero-order valence-electron chi connectivity index (χ0n) is 14.2. The van der Waals surface area contributed by atoms with Gasteiger partial charge >= 0.3 is 6.03 Å². The third-order valence-corrected chi connectivity index (χ3v) is 4.67. The quantitative estimate of drug-likeness (QED) is 0.785. The number of hydrogen-bond acceptors (Lipinski definition) is 4. The predicted octanol–water partition coefficient (Wildman–Crippen LogP) is 3.00. The molecule has 2 aromatic heterocycles. The first-order valence-corrected chi connectivity index (χ1v) is 8.55. The number of carbonyl (C=O) groups excluding carboxylic acids is 1. The number of rotatable bonds is 3. The van der Waals surface area contributed by atoms with Crippen LogP contribution < -0.4 is 10.2 Å². The Balaban J connectivity index is 1.34. The lowest BCUT2D eigenvalue weighted by atomic mass is 10.1. The molecule has 6 nitrogen and oxygen atoms in total. The molecule has 1 aliphatic heterocycles. The van der Waals surface area contributed by atoms with Gasteiger partial charge in [0.1, 0.15) is 5.58 Å². The summed E-state index contributed by atoms with van der Waals surface area (Å²) >= 11 is 0. The third-order valence-electron chi connectivity index (χ3n) is 4.67. The van der Waals surface area contributed by atoms with E-state index >= 15 is 0 Å². The lowest BCUT2D eigenvalue weighted by molar-refractivity contribution is 0.194. The summed E-state index contributed by atoms with van der Waals surface area (Å²) in [5, 5.41) is 3.96. The summed E-state index contributed by atoms with van der Waals surface area (Å²) in [7, 11) is 0. The van der Waals surface area contributed by atoms with Crippen LogP contribution in [0.2, 0.25) is 0 Å². The van der Waals surface area contributed by atoms with Crippen molar-refractivity contribution in [2.45, 2.75) is 6.54 Å². The molecule has 0 atom stereocenters. The fourth-order valence-corrected chi connectivity index (χ4v) is 3.27. The number of aromatic nitrogens is 1. The smallest absolute Gasteiger partial charge is 0.317 e. The van der Waals surface area contributed by atoms with Crippen molar-refractivity contribution in [1.82, 2.24) is 15.2 Å². The Kier molecular flexibility index (Phi) is 4.43. The van der Waals surface area contributed by atoms with Crippen LogP contribution in [0.25, 0.3) is 11.0 Å². The van der Waals surface area contributed by atoms with Crippen LogP contribution in [0.5, 0.6) is 0 Å². The number of halogens is 1. The number of furan rings is 1. The molecule has 1 aliphatic rings. The molecule has 134 valence electrons. The summed E-state index contributed by atoms with van der Waals surface area (Å²) in [5.41, 5.74) is 2.36. The number of piperazine rings is 1. The molecule has 26 heavy (non-hydrogen) atoms. The second-order valence-corrected chi connectivity index (χ2v) is 6.21. The first-order chi connectivity index (χ1) is 12.7. The van der Waals surface area contributed by atoms with E-state index in [1.165, 1.54) is 6.20 Å². The van der Waals surface area contributed by atoms with Crippen LogP contribution in [0.4, 0.5) is 14.9 Å². The molecule has 0 aliphatic carbocycles. The first-order valence-electron chi connectivity index (χ1n) is 8.55. The molecule has 1 saturated heterocycles. The Morgan fingerprint density at radius 2 is 2.04 bits per heavy atom. The molecule has 0 saturated carbocycles. The summed E-state index contributed by atoms with van der Waals surface area (Å²) in [5.74, 6) is -0.335. The monoisotopic (exact) mass is 354 g/mol. The Labute approximate surface area is 150 Å². The maximum Gasteiger partial charge on any atom is 0.317 e. The topological polar surface area (TPSA) is 61.6 Å². The highest BCUT2D eigenvalue weighted by Gasteiger charge is 2.22. The fraction of sp³-hybridized carbons (Fsp3) is 0.263. The van der Waals surface area contributed by atoms with Gasteiger partial charge in [0.25, 0.3) is 0 Å². The van der Waals surface area contributed by atoms with E-state index in [1.54, 1.807) is 23.4 Å². The Morgan fingerprint density at radius 1 is 1.19 bits per heavy atom. The SMILES string of the molecule is O=C(NCc1cccc2occc12)N1CCN(c2ccncc2F)CC1. The largest absolute Gasteiger partial charge is 0.464 e. The number of hydrogen-bond donors (Lipinski definition) is 1. The molecule has 0 bridgehead atoms. The van der Waals surface area contributed by atoms with Crippen LogP contribution in [-0.4, -0.2) is 42.1 Å². The van der Waals surface area contributed by atoms with E-state index in [4.69, 9.17) is 4.42 Å². The number of nitrogens with zero attached hydrogens (tertiary/aromatic N) is 3. The lowest BCUT2D eigenvalue weighted by Crippen LogP contribution is -2.51. The molecule has 1 N–H and O–H groups in total. The standard InChI is InChI=1S/C19H19FN4O2/c20-16-13-21-6-4-17(16)23-7-9-24(10-8-23)19(25)22-12-14-2-1-3-18-15(14)5-11-26-18/h1-6,11,13H,7-10,12H2,(H,22,25). The molecular formula is C19H19FN4O2. The minimum Gasteiger partial charge on any atom is -0.464 e. The van der Waals surface area contributed by atoms with Crippen molar-refractivity contribution in [3.63, 3.8) is 0 Å². The number of amides is 2. The molecule has 4 rings (SSSR count). The van der Waals surface area contributed by atoms with Crippen LogP contribution in [0.1, 0.15) is 5.56 Å². The van der Waals surface area contributed by atoms with Gasteiger partial charge in [0.2, 0.25) is 0 Å². The lowest BCUT2D eigenvalue weighted by Gasteiger charge is -2.36. The molecule has 3 heterocycles. The Morgan fingerprint density at radius 3 is 2.85 bits per heavy atom. The number of anilines is 1. The van der Waals surface area contributed by atoms with Crippen molar-refractivity contribution in [1.29, 1.82) is 0 Å². The summed E-state index contributed by atoms with van der Waals surface area (Å²) < 4.78 is 19.2. The van der Waals surface area contributed by atoms with Crippen molar-refractivity contribution in [3.05, 3.63) is 60.4 Å². The van der Waals surface area contributed by atoms with E-state index in [1.807, 2.05) is 29.2 Å². The number of nitrogens with one attached hydrogen (secondary N) is 1. The van der Waals surface area contributed by atoms with Crippen LogP contribution in [-0.2, 0) is 6.54 Å². The second-order valence-electron chi connectivity index (χ2n) is 6.21. The van der Waals surface area contributed by atoms with Crippen molar-refractivity contribution in [2.24, 2.45) is 0 Å². The Bertz CT molecular complexity index is 919. The highest BCUT2D eigenvalue weighted by Crippen LogP contribution is 2.21. The average Bonchev–Trinajstić information content (AvgIpc) is 3.16. The van der Waals surface area contributed by atoms with Crippen LogP contribution in [0.15, 0.2) is 53.4 Å². The van der Waals surface area contributed by atoms with Gasteiger partial charge in [0.05, 0.1) is 18.1 Å². The summed E-state index contributed by atoms with van der Waals surface area (Å²) in [6, 6.07) is 9.24. The van der Waals surface area contributed by atoms with Crippen molar-refractivity contribution in [2.75, 3.05) is 31.1 Å². The van der Waals surface area contributed by atoms with Crippen LogP contribution in [0, 0.1) is 5.82 Å². The van der Waals surface area contributed by atoms with Gasteiger partial charge in [0.15, 0.2) is 5.82 Å². The molecule has 7 heteroatoms. The third kappa shape index (κ3) is 3.20. The van der Waals surface area contributed by atoms with E-state index in [0.29, 0.717) is 38.4 Å². The molecule has 3 aromatic rings. The van der Waals surface area contributed by atoms with Crippen molar-refractivity contribution in [3.8, 4) is 0 Å². The summed E-state index contributed by atoms with van der Waals surface area (Å²) in [6.45, 7) is 2.71. The van der Waals surface area contributed by atoms with Crippen molar-refractivity contribution >= 4 is 22.7 Å². The molecule has 1 aromatic carbocycles. The number of urea groups is 1. The number of carbonyl (C=O) groups is 1. The maximum absolute atomic E-state index is 13.8. The van der Waals surface area contributed by atoms with Gasteiger partial charge in [-0.2, -0.15) is 0 Å². The van der Waals surface area contributed by atoms with Gasteiger partial charge < -0.3 is 19.5 Å². The molecular weight excluding hydrogens is 335 g/mol. The maximum atomic E-state index is 13.8. The van der Waals surface area contributed by atoms with Crippen LogP contribution in [0.3, 0.4) is 0 Å². The molecule has 0 unspecified atom stereocenters. The van der Waals surface area contributed by atoms with Gasteiger partial charge in [-0.15, -0.1) is 0 Å². The average molecular weight is 354 g/mol. The Hall–Kier alpha value is -3.09. The van der Waals surface area contributed by atoms with E-state index in [9.17, 15) is 9.18 Å². The van der Waals surface area contributed by atoms with Crippen molar-refractivity contribution < 1.29 is 13.6 Å². The zero-order valence-corrected chi connectivity index (χ0v) is 14.2. The summed E-state index contributed by atoms with van der Waals surface area (Å²) in [4.78, 5) is 19.9. The first kappa shape index (κ1) is 16.4. The highest BCUT2D eigenvalue weighted by molar-refractivity contribution is 5.82. The summed E-state index contributed by atoms with van der Waals surface area (Å²) in [6.07, 6.45) is 4.44. The molecule has 2 amide bonds. The van der Waals surface area contributed by atoms with Gasteiger partial charge in [-0.25, -0.2) is 9.18 Å². The second kappa shape index (κ2) is 7.03. The van der Waals surface area contributed by atoms with Gasteiger partial charge in [0, 0.05) is 44.3 Å². The van der Waals surface area contributed by atoms with Crippen LogP contribution >= 0.6 is 0 Å². The van der Waals surface area contributed by atoms with E-state index in [0.717, 1.165) is 16.5 Å². The normalized spacial score (nSPS) is 14.7. The van der Waals surface area contributed by atoms with Gasteiger partial charge in [-0.1, -0.05) is 12.1 Å². The minimum atomic E-state index is -0.335. The van der Waals surface area contributed by atoms with E-state index < -0.39 is 0 Å².